The highest BCUT2D eigenvalue weighted by molar-refractivity contribution is 7.92. The number of carbonyl (C=O) groups excluding carboxylic acids is 1. The van der Waals surface area contributed by atoms with Gasteiger partial charge >= 0.3 is 0 Å². The number of hydrogen-bond donors (Lipinski definition) is 3. The Kier molecular flexibility index (Phi) is 7.39. The Morgan fingerprint density at radius 3 is 2.13 bits per heavy atom. The van der Waals surface area contributed by atoms with E-state index >= 15 is 0 Å². The highest BCUT2D eigenvalue weighted by Crippen LogP contribution is 2.31. The maximum Gasteiger partial charge on any atom is 0.275 e. The fourth-order valence-corrected chi connectivity index (χ4v) is 5.52. The molecule has 1 amide bonds. The summed E-state index contributed by atoms with van der Waals surface area (Å²) >= 11 is 0.729. The van der Waals surface area contributed by atoms with Crippen LogP contribution in [0.2, 0.25) is 0 Å². The lowest BCUT2D eigenvalue weighted by molar-refractivity contribution is -0.118. The van der Waals surface area contributed by atoms with Gasteiger partial charge in [-0.2, -0.15) is 0 Å². The van der Waals surface area contributed by atoms with Crippen LogP contribution in [0.1, 0.15) is 80.8 Å². The van der Waals surface area contributed by atoms with Crippen LogP contribution in [0.4, 0.5) is 0 Å². The van der Waals surface area contributed by atoms with Gasteiger partial charge in [-0.1, -0.05) is 27.7 Å². The molecule has 30 heavy (non-hydrogen) atoms. The quantitative estimate of drug-likeness (QED) is 0.558. The van der Waals surface area contributed by atoms with Crippen LogP contribution in [-0.2, 0) is 33.4 Å². The minimum absolute atomic E-state index is 0.105. The van der Waals surface area contributed by atoms with Crippen molar-refractivity contribution >= 4 is 27.3 Å². The first kappa shape index (κ1) is 24.4. The van der Waals surface area contributed by atoms with Gasteiger partial charge in [-0.25, -0.2) is 18.1 Å². The SMILES string of the molecule is CC(C)c1cncc(C(C)C)c1CC(=O)NS(=O)(=O)c1sc(C(C)(C)O)nc1CO. The van der Waals surface area contributed by atoms with Crippen molar-refractivity contribution in [3.8, 4) is 0 Å². The number of rotatable bonds is 8. The molecule has 166 valence electrons. The summed E-state index contributed by atoms with van der Waals surface area (Å²) in [5, 5.41) is 19.7. The molecule has 0 unspecified atom stereocenters. The van der Waals surface area contributed by atoms with Gasteiger partial charge in [0.2, 0.25) is 5.91 Å². The van der Waals surface area contributed by atoms with E-state index in [4.69, 9.17) is 0 Å². The van der Waals surface area contributed by atoms with Crippen molar-refractivity contribution in [2.75, 3.05) is 0 Å². The van der Waals surface area contributed by atoms with Gasteiger partial charge in [-0.05, 0) is 42.4 Å². The van der Waals surface area contributed by atoms with Crippen molar-refractivity contribution in [2.45, 2.75) is 76.2 Å². The number of thiazole rings is 1. The summed E-state index contributed by atoms with van der Waals surface area (Å²) in [5.41, 5.74) is 1.08. The van der Waals surface area contributed by atoms with Gasteiger partial charge in [-0.15, -0.1) is 11.3 Å². The van der Waals surface area contributed by atoms with Gasteiger partial charge in [0, 0.05) is 12.4 Å². The number of hydrogen-bond acceptors (Lipinski definition) is 8. The molecule has 0 bridgehead atoms. The molecule has 0 aliphatic rings. The van der Waals surface area contributed by atoms with Crippen LogP contribution in [0.3, 0.4) is 0 Å². The maximum absolute atomic E-state index is 12.8. The molecule has 0 saturated carbocycles. The number of sulfonamides is 1. The van der Waals surface area contributed by atoms with Crippen molar-refractivity contribution in [1.29, 1.82) is 0 Å². The van der Waals surface area contributed by atoms with E-state index < -0.39 is 28.1 Å². The van der Waals surface area contributed by atoms with Crippen LogP contribution in [0.15, 0.2) is 16.6 Å². The third kappa shape index (κ3) is 5.42. The normalized spacial score (nSPS) is 12.6. The topological polar surface area (TPSA) is 129 Å². The summed E-state index contributed by atoms with van der Waals surface area (Å²) in [6.07, 6.45) is 3.29. The molecule has 0 aromatic carbocycles. The summed E-state index contributed by atoms with van der Waals surface area (Å²) in [4.78, 5) is 21.0. The minimum atomic E-state index is -4.26. The number of aromatic nitrogens is 2. The third-order valence-corrected chi connectivity index (χ3v) is 7.87. The lowest BCUT2D eigenvalue weighted by Crippen LogP contribution is -2.32. The smallest absolute Gasteiger partial charge is 0.275 e. The first-order valence-corrected chi connectivity index (χ1v) is 11.9. The summed E-state index contributed by atoms with van der Waals surface area (Å²) in [6.45, 7) is 10.3. The summed E-state index contributed by atoms with van der Waals surface area (Å²) in [6, 6.07) is 0. The van der Waals surface area contributed by atoms with Crippen molar-refractivity contribution in [1.82, 2.24) is 14.7 Å². The Bertz CT molecular complexity index is 995. The summed E-state index contributed by atoms with van der Waals surface area (Å²) in [7, 11) is -4.26. The molecule has 3 N–H and O–H groups in total. The fourth-order valence-electron chi connectivity index (χ4n) is 3.02. The Balaban J connectivity index is 2.37. The molecular formula is C20H29N3O5S2. The van der Waals surface area contributed by atoms with Crippen molar-refractivity contribution in [3.05, 3.63) is 39.8 Å². The number of amides is 1. The zero-order valence-electron chi connectivity index (χ0n) is 18.1. The lowest BCUT2D eigenvalue weighted by atomic mass is 9.89. The second-order valence-corrected chi connectivity index (χ2v) is 11.2. The molecule has 10 heteroatoms. The molecule has 2 aromatic heterocycles. The van der Waals surface area contributed by atoms with E-state index in [-0.39, 0.29) is 33.2 Å². The van der Waals surface area contributed by atoms with Crippen LogP contribution >= 0.6 is 11.3 Å². The number of nitrogens with one attached hydrogen (secondary N) is 1. The molecule has 2 aromatic rings. The standard InChI is InChI=1S/C20H29N3O5S2/c1-11(2)14-8-21-9-15(12(3)4)13(14)7-17(25)23-30(27,28)18-16(10-24)22-19(29-18)20(5,6)26/h8-9,11-12,24,26H,7,10H2,1-6H3,(H,23,25). The molecule has 2 rings (SSSR count). The van der Waals surface area contributed by atoms with Crippen LogP contribution < -0.4 is 4.72 Å². The van der Waals surface area contributed by atoms with E-state index in [0.29, 0.717) is 0 Å². The Hall–Kier alpha value is -1.88. The van der Waals surface area contributed by atoms with E-state index in [2.05, 4.69) is 14.7 Å². The van der Waals surface area contributed by atoms with Gasteiger partial charge in [0.1, 0.15) is 10.6 Å². The zero-order chi connectivity index (χ0) is 22.9. The highest BCUT2D eigenvalue weighted by atomic mass is 32.2. The summed E-state index contributed by atoms with van der Waals surface area (Å²) < 4.78 is 27.5. The lowest BCUT2D eigenvalue weighted by Gasteiger charge is -2.18. The molecule has 0 fully saturated rings. The molecule has 0 radical (unpaired) electrons. The number of pyridine rings is 1. The van der Waals surface area contributed by atoms with Crippen LogP contribution in [-0.4, -0.2) is 34.5 Å². The second-order valence-electron chi connectivity index (χ2n) is 8.28. The largest absolute Gasteiger partial charge is 0.390 e. The average Bonchev–Trinajstić information content (AvgIpc) is 3.06. The maximum atomic E-state index is 12.8. The number of carbonyl (C=O) groups is 1. The van der Waals surface area contributed by atoms with Crippen LogP contribution in [0, 0.1) is 0 Å². The molecule has 0 aliphatic heterocycles. The van der Waals surface area contributed by atoms with E-state index in [1.54, 1.807) is 12.4 Å². The van der Waals surface area contributed by atoms with Gasteiger partial charge in [-0.3, -0.25) is 9.78 Å². The van der Waals surface area contributed by atoms with E-state index in [1.807, 2.05) is 27.7 Å². The number of aliphatic hydroxyl groups is 2. The summed E-state index contributed by atoms with van der Waals surface area (Å²) in [5.74, 6) is -0.452. The van der Waals surface area contributed by atoms with Crippen molar-refractivity contribution in [2.24, 2.45) is 0 Å². The zero-order valence-corrected chi connectivity index (χ0v) is 19.7. The predicted molar refractivity (Wildman–Crippen MR) is 115 cm³/mol. The van der Waals surface area contributed by atoms with E-state index in [0.717, 1.165) is 28.0 Å². The van der Waals surface area contributed by atoms with Gasteiger partial charge in [0.25, 0.3) is 10.0 Å². The Morgan fingerprint density at radius 2 is 1.70 bits per heavy atom. The fraction of sp³-hybridized carbons (Fsp3) is 0.550. The molecule has 0 spiro atoms. The molecule has 0 aliphatic carbocycles. The number of aliphatic hydroxyl groups excluding tert-OH is 1. The van der Waals surface area contributed by atoms with Gasteiger partial charge in [0.05, 0.1) is 18.7 Å². The predicted octanol–water partition coefficient (Wildman–Crippen LogP) is 2.55. The van der Waals surface area contributed by atoms with E-state index in [1.165, 1.54) is 13.8 Å². The highest BCUT2D eigenvalue weighted by Gasteiger charge is 2.30. The molecule has 8 nitrogen and oxygen atoms in total. The molecule has 0 saturated heterocycles. The first-order chi connectivity index (χ1) is 13.8. The molecule has 2 heterocycles. The van der Waals surface area contributed by atoms with Crippen molar-refractivity contribution < 1.29 is 23.4 Å². The van der Waals surface area contributed by atoms with Gasteiger partial charge < -0.3 is 10.2 Å². The van der Waals surface area contributed by atoms with Crippen LogP contribution in [0.5, 0.6) is 0 Å². The number of nitrogens with zero attached hydrogens (tertiary/aromatic N) is 2. The van der Waals surface area contributed by atoms with Crippen LogP contribution in [0.25, 0.3) is 0 Å². The third-order valence-electron chi connectivity index (χ3n) is 4.53. The van der Waals surface area contributed by atoms with Crippen molar-refractivity contribution in [3.63, 3.8) is 0 Å². The Labute approximate surface area is 181 Å². The monoisotopic (exact) mass is 455 g/mol. The van der Waals surface area contributed by atoms with E-state index in [9.17, 15) is 23.4 Å². The first-order valence-electron chi connectivity index (χ1n) is 9.63. The average molecular weight is 456 g/mol. The minimum Gasteiger partial charge on any atom is -0.390 e. The molecular weight excluding hydrogens is 426 g/mol. The van der Waals surface area contributed by atoms with Gasteiger partial charge in [0.15, 0.2) is 4.21 Å². The molecule has 0 atom stereocenters. The second kappa shape index (κ2) is 9.09. The Morgan fingerprint density at radius 1 is 1.17 bits per heavy atom.